The third kappa shape index (κ3) is 5.30. The molecule has 1 unspecified atom stereocenters. The number of pyridine rings is 1. The molecule has 2 heterocycles. The Balaban J connectivity index is 1.80. The standard InChI is InChI=1S/C18H15Cl2F3N4O2/c19-10-1-2-14(13(20)4-10)27-15-5-12(18(21,22)23)11(8-24-15)17(29)26-7-9-3-16(28)25-6-9/h1-2,4-5,8-9H,3,6-7H2,(H,24,27)(H,25,28)(H,26,29). The molecule has 1 aromatic carbocycles. The Labute approximate surface area is 173 Å². The molecule has 11 heteroatoms. The van der Waals surface area contributed by atoms with Crippen molar-refractivity contribution in [3.63, 3.8) is 0 Å². The zero-order chi connectivity index (χ0) is 21.2. The first-order valence-corrected chi connectivity index (χ1v) is 9.23. The predicted molar refractivity (Wildman–Crippen MR) is 102 cm³/mol. The molecule has 29 heavy (non-hydrogen) atoms. The smallest absolute Gasteiger partial charge is 0.356 e. The average molecular weight is 447 g/mol. The maximum Gasteiger partial charge on any atom is 0.417 e. The Morgan fingerprint density at radius 1 is 1.28 bits per heavy atom. The Kier molecular flexibility index (Phi) is 6.18. The summed E-state index contributed by atoms with van der Waals surface area (Å²) in [5, 5.41) is 8.28. The van der Waals surface area contributed by atoms with Gasteiger partial charge in [-0.3, -0.25) is 9.59 Å². The second kappa shape index (κ2) is 8.46. The van der Waals surface area contributed by atoms with Crippen LogP contribution in [-0.2, 0) is 11.0 Å². The van der Waals surface area contributed by atoms with Crippen molar-refractivity contribution in [2.24, 2.45) is 5.92 Å². The predicted octanol–water partition coefficient (Wildman–Crippen LogP) is 4.02. The summed E-state index contributed by atoms with van der Waals surface area (Å²) < 4.78 is 40.6. The van der Waals surface area contributed by atoms with Crippen molar-refractivity contribution in [1.29, 1.82) is 0 Å². The number of rotatable bonds is 5. The lowest BCUT2D eigenvalue weighted by Crippen LogP contribution is -2.32. The Bertz CT molecular complexity index is 953. The maximum absolute atomic E-state index is 13.5. The molecule has 2 aromatic rings. The van der Waals surface area contributed by atoms with Crippen molar-refractivity contribution in [3.05, 3.63) is 51.6 Å². The van der Waals surface area contributed by atoms with Gasteiger partial charge in [-0.05, 0) is 24.3 Å². The molecule has 154 valence electrons. The molecule has 1 fully saturated rings. The topological polar surface area (TPSA) is 83.1 Å². The third-order valence-corrected chi connectivity index (χ3v) is 4.81. The summed E-state index contributed by atoms with van der Waals surface area (Å²) in [6, 6.07) is 5.18. The van der Waals surface area contributed by atoms with Gasteiger partial charge < -0.3 is 16.0 Å². The number of halogens is 5. The van der Waals surface area contributed by atoms with Gasteiger partial charge in [0, 0.05) is 36.6 Å². The van der Waals surface area contributed by atoms with Gasteiger partial charge in [0.15, 0.2) is 0 Å². The molecule has 0 radical (unpaired) electrons. The number of nitrogens with one attached hydrogen (secondary N) is 3. The van der Waals surface area contributed by atoms with Gasteiger partial charge in [0.25, 0.3) is 5.91 Å². The minimum Gasteiger partial charge on any atom is -0.356 e. The molecule has 3 N–H and O–H groups in total. The summed E-state index contributed by atoms with van der Waals surface area (Å²) in [4.78, 5) is 27.4. The van der Waals surface area contributed by atoms with E-state index >= 15 is 0 Å². The summed E-state index contributed by atoms with van der Waals surface area (Å²) >= 11 is 11.8. The summed E-state index contributed by atoms with van der Waals surface area (Å²) in [5.41, 5.74) is -1.44. The molecule has 1 aliphatic rings. The number of aromatic nitrogens is 1. The number of anilines is 2. The number of benzene rings is 1. The van der Waals surface area contributed by atoms with E-state index in [0.29, 0.717) is 17.3 Å². The summed E-state index contributed by atoms with van der Waals surface area (Å²) in [5.74, 6) is -1.37. The van der Waals surface area contributed by atoms with Crippen LogP contribution in [0.2, 0.25) is 10.0 Å². The number of hydrogen-bond acceptors (Lipinski definition) is 4. The highest BCUT2D eigenvalue weighted by Crippen LogP contribution is 2.34. The minimum absolute atomic E-state index is 0.0786. The van der Waals surface area contributed by atoms with E-state index in [1.807, 2.05) is 0 Å². The quantitative estimate of drug-likeness (QED) is 0.647. The van der Waals surface area contributed by atoms with Gasteiger partial charge >= 0.3 is 6.18 Å². The number of hydrogen-bond donors (Lipinski definition) is 3. The van der Waals surface area contributed by atoms with E-state index in [9.17, 15) is 22.8 Å². The van der Waals surface area contributed by atoms with E-state index in [1.54, 1.807) is 0 Å². The molecule has 1 aromatic heterocycles. The van der Waals surface area contributed by atoms with Crippen molar-refractivity contribution in [3.8, 4) is 0 Å². The average Bonchev–Trinajstić information content (AvgIpc) is 3.06. The second-order valence-corrected chi connectivity index (χ2v) is 7.29. The Hall–Kier alpha value is -2.52. The highest BCUT2D eigenvalue weighted by Gasteiger charge is 2.36. The van der Waals surface area contributed by atoms with Gasteiger partial charge in [0.1, 0.15) is 5.82 Å². The highest BCUT2D eigenvalue weighted by atomic mass is 35.5. The van der Waals surface area contributed by atoms with Crippen LogP contribution < -0.4 is 16.0 Å². The van der Waals surface area contributed by atoms with Crippen LogP contribution >= 0.6 is 23.2 Å². The van der Waals surface area contributed by atoms with Crippen LogP contribution in [0.25, 0.3) is 0 Å². The third-order valence-electron chi connectivity index (χ3n) is 4.26. The SMILES string of the molecule is O=C1CC(CNC(=O)c2cnc(Nc3ccc(Cl)cc3Cl)cc2C(F)(F)F)CN1. The lowest BCUT2D eigenvalue weighted by Gasteiger charge is -2.16. The summed E-state index contributed by atoms with van der Waals surface area (Å²) in [6.07, 6.45) is -3.71. The first-order chi connectivity index (χ1) is 13.6. The zero-order valence-electron chi connectivity index (χ0n) is 14.7. The number of nitrogens with zero attached hydrogens (tertiary/aromatic N) is 1. The minimum atomic E-state index is -4.78. The number of carbonyl (C=O) groups excluding carboxylic acids is 2. The molecule has 1 atom stereocenters. The Morgan fingerprint density at radius 3 is 2.66 bits per heavy atom. The first-order valence-electron chi connectivity index (χ1n) is 8.47. The van der Waals surface area contributed by atoms with Crippen LogP contribution in [0.3, 0.4) is 0 Å². The monoisotopic (exact) mass is 446 g/mol. The van der Waals surface area contributed by atoms with Gasteiger partial charge in [-0.2, -0.15) is 13.2 Å². The molecule has 1 aliphatic heterocycles. The molecular weight excluding hydrogens is 432 g/mol. The van der Waals surface area contributed by atoms with Gasteiger partial charge in [0.2, 0.25) is 5.91 Å². The number of alkyl halides is 3. The molecule has 1 saturated heterocycles. The van der Waals surface area contributed by atoms with Crippen LogP contribution in [0, 0.1) is 5.92 Å². The van der Waals surface area contributed by atoms with E-state index in [2.05, 4.69) is 20.9 Å². The molecular formula is C18H15Cl2F3N4O2. The van der Waals surface area contributed by atoms with E-state index < -0.39 is 23.2 Å². The molecule has 0 aliphatic carbocycles. The fourth-order valence-electron chi connectivity index (χ4n) is 2.81. The fraction of sp³-hybridized carbons (Fsp3) is 0.278. The van der Waals surface area contributed by atoms with Crippen LogP contribution in [0.5, 0.6) is 0 Å². The van der Waals surface area contributed by atoms with E-state index in [1.165, 1.54) is 18.2 Å². The summed E-state index contributed by atoms with van der Waals surface area (Å²) in [7, 11) is 0. The maximum atomic E-state index is 13.5. The normalized spacial score (nSPS) is 16.4. The fourth-order valence-corrected chi connectivity index (χ4v) is 3.27. The first kappa shape index (κ1) is 21.2. The summed E-state index contributed by atoms with van der Waals surface area (Å²) in [6.45, 7) is 0.448. The Morgan fingerprint density at radius 2 is 2.03 bits per heavy atom. The van der Waals surface area contributed by atoms with Crippen molar-refractivity contribution in [2.75, 3.05) is 18.4 Å². The van der Waals surface area contributed by atoms with Gasteiger partial charge in [-0.25, -0.2) is 4.98 Å². The molecule has 0 spiro atoms. The van der Waals surface area contributed by atoms with Gasteiger partial charge in [-0.1, -0.05) is 23.2 Å². The van der Waals surface area contributed by atoms with E-state index in [-0.39, 0.29) is 35.6 Å². The van der Waals surface area contributed by atoms with Crippen molar-refractivity contribution in [2.45, 2.75) is 12.6 Å². The lowest BCUT2D eigenvalue weighted by molar-refractivity contribution is -0.138. The largest absolute Gasteiger partial charge is 0.417 e. The van der Waals surface area contributed by atoms with Crippen molar-refractivity contribution < 1.29 is 22.8 Å². The number of amides is 2. The molecule has 6 nitrogen and oxygen atoms in total. The zero-order valence-corrected chi connectivity index (χ0v) is 16.3. The number of carbonyl (C=O) groups is 2. The lowest BCUT2D eigenvalue weighted by atomic mass is 10.1. The molecule has 3 rings (SSSR count). The molecule has 2 amide bonds. The highest BCUT2D eigenvalue weighted by molar-refractivity contribution is 6.36. The van der Waals surface area contributed by atoms with Crippen LogP contribution in [0.4, 0.5) is 24.7 Å². The van der Waals surface area contributed by atoms with Crippen LogP contribution in [-0.4, -0.2) is 29.9 Å². The van der Waals surface area contributed by atoms with E-state index in [4.69, 9.17) is 23.2 Å². The molecule has 0 bridgehead atoms. The van der Waals surface area contributed by atoms with Crippen LogP contribution in [0.1, 0.15) is 22.3 Å². The van der Waals surface area contributed by atoms with Crippen molar-refractivity contribution >= 4 is 46.5 Å². The molecule has 0 saturated carbocycles. The van der Waals surface area contributed by atoms with Crippen LogP contribution in [0.15, 0.2) is 30.5 Å². The van der Waals surface area contributed by atoms with E-state index in [0.717, 1.165) is 12.3 Å². The van der Waals surface area contributed by atoms with Gasteiger partial charge in [-0.15, -0.1) is 0 Å². The van der Waals surface area contributed by atoms with Gasteiger partial charge in [0.05, 0.1) is 21.8 Å². The van der Waals surface area contributed by atoms with Crippen molar-refractivity contribution in [1.82, 2.24) is 15.6 Å². The second-order valence-electron chi connectivity index (χ2n) is 6.45.